The van der Waals surface area contributed by atoms with Crippen LogP contribution in [0.1, 0.15) is 47.5 Å². The van der Waals surface area contributed by atoms with Crippen molar-refractivity contribution in [3.8, 4) is 17.0 Å². The topological polar surface area (TPSA) is 46.8 Å². The zero-order valence-corrected chi connectivity index (χ0v) is 16.9. The number of carbonyl (C=O) groups is 1. The Hall–Kier alpha value is -2.34. The molecular weight excluding hydrogens is 358 g/mol. The van der Waals surface area contributed by atoms with Crippen LogP contribution in [0, 0.1) is 6.92 Å². The van der Waals surface area contributed by atoms with Crippen LogP contribution in [0.2, 0.25) is 0 Å². The largest absolute Gasteiger partial charge is 0.497 e. The van der Waals surface area contributed by atoms with Crippen molar-refractivity contribution in [3.63, 3.8) is 0 Å². The highest BCUT2D eigenvalue weighted by atomic mass is 32.1. The minimum Gasteiger partial charge on any atom is -0.497 e. The molecule has 1 aliphatic carbocycles. The van der Waals surface area contributed by atoms with Gasteiger partial charge in [-0.2, -0.15) is 0 Å². The van der Waals surface area contributed by atoms with Gasteiger partial charge in [0.05, 0.1) is 12.8 Å². The Morgan fingerprint density at radius 2 is 1.93 bits per heavy atom. The predicted octanol–water partition coefficient (Wildman–Crippen LogP) is 4.78. The minimum atomic E-state index is 0.126. The standard InChI is InChI=1S/C21H25N3O2S/c1-14-19(20(25)23(2)16-7-5-4-6-8-16)27-21-22-18(13-24(14)21)15-9-11-17(26-3)12-10-15/h9-13,16H,4-8H2,1-3H3. The lowest BCUT2D eigenvalue weighted by molar-refractivity contribution is 0.0700. The number of hydrogen-bond donors (Lipinski definition) is 0. The molecular formula is C21H25N3O2S. The molecule has 0 radical (unpaired) electrons. The molecule has 1 saturated carbocycles. The molecule has 0 saturated heterocycles. The number of thiazole rings is 1. The quantitative estimate of drug-likeness (QED) is 0.651. The number of nitrogens with zero attached hydrogens (tertiary/aromatic N) is 3. The number of imidazole rings is 1. The number of fused-ring (bicyclic) bond motifs is 1. The van der Waals surface area contributed by atoms with E-state index in [2.05, 4.69) is 0 Å². The summed E-state index contributed by atoms with van der Waals surface area (Å²) in [6, 6.07) is 8.25. The molecule has 142 valence electrons. The summed E-state index contributed by atoms with van der Waals surface area (Å²) in [7, 11) is 3.61. The fourth-order valence-electron chi connectivity index (χ4n) is 3.84. The second kappa shape index (κ2) is 7.35. The lowest BCUT2D eigenvalue weighted by Crippen LogP contribution is -2.38. The monoisotopic (exact) mass is 383 g/mol. The Balaban J connectivity index is 1.61. The molecule has 6 heteroatoms. The van der Waals surface area contributed by atoms with Crippen LogP contribution >= 0.6 is 11.3 Å². The van der Waals surface area contributed by atoms with E-state index in [1.165, 1.54) is 30.6 Å². The maximum Gasteiger partial charge on any atom is 0.265 e. The highest BCUT2D eigenvalue weighted by Crippen LogP contribution is 2.30. The third-order valence-corrected chi connectivity index (χ3v) is 6.72. The van der Waals surface area contributed by atoms with Gasteiger partial charge < -0.3 is 9.64 Å². The average molecular weight is 384 g/mol. The Labute approximate surface area is 163 Å². The molecule has 1 aliphatic rings. The summed E-state index contributed by atoms with van der Waals surface area (Å²) in [4.78, 5) is 21.4. The van der Waals surface area contributed by atoms with Gasteiger partial charge in [0, 0.05) is 30.5 Å². The molecule has 2 aromatic heterocycles. The Kier molecular flexibility index (Phi) is 4.91. The van der Waals surface area contributed by atoms with E-state index >= 15 is 0 Å². The van der Waals surface area contributed by atoms with Crippen molar-refractivity contribution in [1.82, 2.24) is 14.3 Å². The number of benzene rings is 1. The van der Waals surface area contributed by atoms with Crippen molar-refractivity contribution in [2.45, 2.75) is 45.1 Å². The van der Waals surface area contributed by atoms with Crippen molar-refractivity contribution in [2.24, 2.45) is 0 Å². The fourth-order valence-corrected chi connectivity index (χ4v) is 4.94. The maximum atomic E-state index is 13.0. The maximum absolute atomic E-state index is 13.0. The second-order valence-corrected chi connectivity index (χ2v) is 8.21. The Morgan fingerprint density at radius 3 is 2.56 bits per heavy atom. The molecule has 0 bridgehead atoms. The van der Waals surface area contributed by atoms with Gasteiger partial charge in [0.2, 0.25) is 0 Å². The molecule has 27 heavy (non-hydrogen) atoms. The molecule has 0 aliphatic heterocycles. The van der Waals surface area contributed by atoms with E-state index < -0.39 is 0 Å². The first kappa shape index (κ1) is 18.0. The van der Waals surface area contributed by atoms with Crippen LogP contribution in [0.25, 0.3) is 16.2 Å². The SMILES string of the molecule is COc1ccc(-c2cn3c(C)c(C(=O)N(C)C4CCCCC4)sc3n2)cc1. The van der Waals surface area contributed by atoms with E-state index in [1.54, 1.807) is 7.11 Å². The summed E-state index contributed by atoms with van der Waals surface area (Å²) in [6.07, 6.45) is 7.98. The van der Waals surface area contributed by atoms with E-state index in [0.29, 0.717) is 6.04 Å². The molecule has 0 unspecified atom stereocenters. The summed E-state index contributed by atoms with van der Waals surface area (Å²) >= 11 is 1.48. The van der Waals surface area contributed by atoms with Crippen molar-refractivity contribution in [2.75, 3.05) is 14.2 Å². The number of aromatic nitrogens is 2. The third-order valence-electron chi connectivity index (χ3n) is 5.58. The van der Waals surface area contributed by atoms with Crippen molar-refractivity contribution >= 4 is 22.2 Å². The highest BCUT2D eigenvalue weighted by molar-refractivity contribution is 7.19. The number of amides is 1. The molecule has 4 rings (SSSR count). The normalized spacial score (nSPS) is 15.2. The van der Waals surface area contributed by atoms with Gasteiger partial charge in [-0.25, -0.2) is 4.98 Å². The fraction of sp³-hybridized carbons (Fsp3) is 0.429. The summed E-state index contributed by atoms with van der Waals surface area (Å²) in [5, 5.41) is 0. The van der Waals surface area contributed by atoms with Gasteiger partial charge in [0.25, 0.3) is 5.91 Å². The van der Waals surface area contributed by atoms with Gasteiger partial charge in [-0.15, -0.1) is 0 Å². The van der Waals surface area contributed by atoms with E-state index in [4.69, 9.17) is 9.72 Å². The zero-order chi connectivity index (χ0) is 19.0. The van der Waals surface area contributed by atoms with Crippen molar-refractivity contribution in [3.05, 3.63) is 41.0 Å². The van der Waals surface area contributed by atoms with Gasteiger partial charge >= 0.3 is 0 Å². The summed E-state index contributed by atoms with van der Waals surface area (Å²) in [5.41, 5.74) is 2.92. The first-order valence-electron chi connectivity index (χ1n) is 9.48. The minimum absolute atomic E-state index is 0.126. The number of carbonyl (C=O) groups excluding carboxylic acids is 1. The second-order valence-electron chi connectivity index (χ2n) is 7.23. The van der Waals surface area contributed by atoms with Gasteiger partial charge in [-0.1, -0.05) is 30.6 Å². The van der Waals surface area contributed by atoms with Crippen LogP contribution in [-0.2, 0) is 0 Å². The number of rotatable bonds is 4. The summed E-state index contributed by atoms with van der Waals surface area (Å²) in [5.74, 6) is 0.954. The molecule has 1 fully saturated rings. The molecule has 0 N–H and O–H groups in total. The lowest BCUT2D eigenvalue weighted by Gasteiger charge is -2.31. The predicted molar refractivity (Wildman–Crippen MR) is 109 cm³/mol. The van der Waals surface area contributed by atoms with Crippen LogP contribution in [0.3, 0.4) is 0 Å². The smallest absolute Gasteiger partial charge is 0.265 e. The van der Waals surface area contributed by atoms with E-state index in [1.807, 2.05) is 53.7 Å². The van der Waals surface area contributed by atoms with Crippen molar-refractivity contribution < 1.29 is 9.53 Å². The van der Waals surface area contributed by atoms with Gasteiger partial charge in [0.1, 0.15) is 10.6 Å². The number of aryl methyl sites for hydroxylation is 1. The molecule has 0 spiro atoms. The van der Waals surface area contributed by atoms with Crippen molar-refractivity contribution in [1.29, 1.82) is 0 Å². The van der Waals surface area contributed by atoms with Crippen LogP contribution < -0.4 is 4.74 Å². The highest BCUT2D eigenvalue weighted by Gasteiger charge is 2.26. The Morgan fingerprint density at radius 1 is 1.22 bits per heavy atom. The van der Waals surface area contributed by atoms with E-state index in [9.17, 15) is 4.79 Å². The molecule has 0 atom stereocenters. The molecule has 1 amide bonds. The number of hydrogen-bond acceptors (Lipinski definition) is 4. The average Bonchev–Trinajstić information content (AvgIpc) is 3.27. The summed E-state index contributed by atoms with van der Waals surface area (Å²) < 4.78 is 7.25. The first-order chi connectivity index (χ1) is 13.1. The Bertz CT molecular complexity index is 952. The molecule has 5 nitrogen and oxygen atoms in total. The van der Waals surface area contributed by atoms with Crippen LogP contribution in [0.15, 0.2) is 30.5 Å². The van der Waals surface area contributed by atoms with Crippen LogP contribution in [0.4, 0.5) is 0 Å². The van der Waals surface area contributed by atoms with Crippen LogP contribution in [-0.4, -0.2) is 40.4 Å². The van der Waals surface area contributed by atoms with Crippen LogP contribution in [0.5, 0.6) is 5.75 Å². The van der Waals surface area contributed by atoms with E-state index in [0.717, 1.165) is 45.4 Å². The lowest BCUT2D eigenvalue weighted by atomic mass is 9.94. The first-order valence-corrected chi connectivity index (χ1v) is 10.3. The molecule has 3 aromatic rings. The number of ether oxygens (including phenoxy) is 1. The van der Waals surface area contributed by atoms with Gasteiger partial charge in [-0.05, 0) is 44.0 Å². The molecule has 2 heterocycles. The number of methoxy groups -OCH3 is 1. The van der Waals surface area contributed by atoms with Gasteiger partial charge in [0.15, 0.2) is 4.96 Å². The molecule has 1 aromatic carbocycles. The zero-order valence-electron chi connectivity index (χ0n) is 16.1. The van der Waals surface area contributed by atoms with E-state index in [-0.39, 0.29) is 5.91 Å². The third kappa shape index (κ3) is 3.34. The van der Waals surface area contributed by atoms with Gasteiger partial charge in [-0.3, -0.25) is 9.20 Å². The summed E-state index contributed by atoms with van der Waals surface area (Å²) in [6.45, 7) is 2.00.